The second-order valence-corrected chi connectivity index (χ2v) is 6.78. The number of thiophene rings is 1. The van der Waals surface area contributed by atoms with Gasteiger partial charge in [-0.25, -0.2) is 0 Å². The number of aryl methyl sites for hydroxylation is 2. The number of amides is 1. The molecule has 0 aromatic carbocycles. The van der Waals surface area contributed by atoms with Crippen LogP contribution in [0.3, 0.4) is 0 Å². The summed E-state index contributed by atoms with van der Waals surface area (Å²) in [6.45, 7) is 1.78. The van der Waals surface area contributed by atoms with Gasteiger partial charge < -0.3 is 10.2 Å². The van der Waals surface area contributed by atoms with Gasteiger partial charge in [0.05, 0.1) is 4.88 Å². The van der Waals surface area contributed by atoms with Crippen LogP contribution in [-0.4, -0.2) is 37.0 Å². The van der Waals surface area contributed by atoms with Crippen LogP contribution in [0.4, 0.5) is 0 Å². The van der Waals surface area contributed by atoms with Crippen LogP contribution in [0.15, 0.2) is 6.07 Å². The smallest absolute Gasteiger partial charge is 0.263 e. The fraction of sp³-hybridized carbons (Fsp3) is 0.667. The van der Waals surface area contributed by atoms with E-state index >= 15 is 0 Å². The van der Waals surface area contributed by atoms with Gasteiger partial charge in [-0.2, -0.15) is 0 Å². The van der Waals surface area contributed by atoms with E-state index in [2.05, 4.69) is 11.4 Å². The highest BCUT2D eigenvalue weighted by atomic mass is 35.5. The summed E-state index contributed by atoms with van der Waals surface area (Å²) in [5.41, 5.74) is 1.43. The third kappa shape index (κ3) is 3.18. The summed E-state index contributed by atoms with van der Waals surface area (Å²) in [5, 5.41) is 3.30. The van der Waals surface area contributed by atoms with Crippen molar-refractivity contribution in [3.63, 3.8) is 0 Å². The third-order valence-corrected chi connectivity index (χ3v) is 5.55. The van der Waals surface area contributed by atoms with Gasteiger partial charge in [-0.3, -0.25) is 4.79 Å². The van der Waals surface area contributed by atoms with Crippen LogP contribution in [0.5, 0.6) is 0 Å². The van der Waals surface area contributed by atoms with Crippen molar-refractivity contribution in [2.75, 3.05) is 20.1 Å². The molecule has 112 valence electrons. The quantitative estimate of drug-likeness (QED) is 0.910. The van der Waals surface area contributed by atoms with Crippen LogP contribution >= 0.6 is 23.7 Å². The number of nitrogens with one attached hydrogen (secondary N) is 1. The SMILES string of the molecule is CNC1CCCN(C(=O)c2cc3c(s2)CCCC3)C1.Cl. The molecule has 1 atom stereocenters. The van der Waals surface area contributed by atoms with Gasteiger partial charge in [0, 0.05) is 24.0 Å². The predicted molar refractivity (Wildman–Crippen MR) is 86.2 cm³/mol. The molecule has 0 radical (unpaired) electrons. The number of fused-ring (bicyclic) bond motifs is 1. The Labute approximate surface area is 131 Å². The van der Waals surface area contributed by atoms with Crippen LogP contribution in [0.1, 0.15) is 45.8 Å². The zero-order valence-electron chi connectivity index (χ0n) is 12.0. The number of likely N-dealkylation sites (N-methyl/N-ethyl adjacent to an activating group) is 1. The van der Waals surface area contributed by atoms with Crippen molar-refractivity contribution in [3.8, 4) is 0 Å². The Bertz CT molecular complexity index is 451. The Morgan fingerprint density at radius 3 is 2.90 bits per heavy atom. The van der Waals surface area contributed by atoms with Crippen molar-refractivity contribution in [3.05, 3.63) is 21.4 Å². The Balaban J connectivity index is 0.00000147. The molecule has 1 aliphatic heterocycles. The fourth-order valence-electron chi connectivity index (χ4n) is 3.15. The number of hydrogen-bond donors (Lipinski definition) is 1. The molecule has 3 nitrogen and oxygen atoms in total. The Kier molecular flexibility index (Phi) is 5.47. The molecular weight excluding hydrogens is 292 g/mol. The number of halogens is 1. The second kappa shape index (κ2) is 6.92. The zero-order valence-corrected chi connectivity index (χ0v) is 13.6. The van der Waals surface area contributed by atoms with Gasteiger partial charge in [0.1, 0.15) is 0 Å². The fourth-order valence-corrected chi connectivity index (χ4v) is 4.37. The molecule has 1 amide bonds. The molecule has 1 unspecified atom stereocenters. The number of carbonyl (C=O) groups excluding carboxylic acids is 1. The molecule has 0 saturated carbocycles. The van der Waals surface area contributed by atoms with Crippen molar-refractivity contribution in [1.29, 1.82) is 0 Å². The van der Waals surface area contributed by atoms with Crippen molar-refractivity contribution in [1.82, 2.24) is 10.2 Å². The number of carbonyl (C=O) groups is 1. The molecule has 2 heterocycles. The summed E-state index contributed by atoms with van der Waals surface area (Å²) in [6, 6.07) is 2.62. The van der Waals surface area contributed by atoms with E-state index in [1.807, 2.05) is 11.9 Å². The first kappa shape index (κ1) is 15.8. The molecule has 1 N–H and O–H groups in total. The van der Waals surface area contributed by atoms with Crippen LogP contribution in [0.2, 0.25) is 0 Å². The van der Waals surface area contributed by atoms with Crippen LogP contribution in [-0.2, 0) is 12.8 Å². The first-order valence-electron chi connectivity index (χ1n) is 7.36. The molecule has 1 fully saturated rings. The molecule has 2 aliphatic rings. The third-order valence-electron chi connectivity index (χ3n) is 4.32. The van der Waals surface area contributed by atoms with Gasteiger partial charge in [0.2, 0.25) is 0 Å². The zero-order chi connectivity index (χ0) is 13.2. The lowest BCUT2D eigenvalue weighted by Gasteiger charge is -2.32. The standard InChI is InChI=1S/C15H22N2OS.ClH/c1-16-12-6-4-8-17(10-12)15(18)14-9-11-5-2-3-7-13(11)19-14;/h9,12,16H,2-8,10H2,1H3;1H. The molecule has 1 aromatic rings. The van der Waals surface area contributed by atoms with E-state index in [4.69, 9.17) is 0 Å². The molecule has 5 heteroatoms. The van der Waals surface area contributed by atoms with Crippen LogP contribution < -0.4 is 5.32 Å². The Hall–Kier alpha value is -0.580. The summed E-state index contributed by atoms with van der Waals surface area (Å²) < 4.78 is 0. The lowest BCUT2D eigenvalue weighted by atomic mass is 9.99. The lowest BCUT2D eigenvalue weighted by molar-refractivity contribution is 0.0703. The summed E-state index contributed by atoms with van der Waals surface area (Å²) in [4.78, 5) is 17.0. The minimum atomic E-state index is 0. The van der Waals surface area contributed by atoms with Gasteiger partial charge in [-0.05, 0) is 57.2 Å². The Morgan fingerprint density at radius 2 is 2.15 bits per heavy atom. The van der Waals surface area contributed by atoms with Gasteiger partial charge in [0.25, 0.3) is 5.91 Å². The summed E-state index contributed by atoms with van der Waals surface area (Å²) in [5.74, 6) is 0.249. The van der Waals surface area contributed by atoms with Gasteiger partial charge in [0.15, 0.2) is 0 Å². The Morgan fingerprint density at radius 1 is 1.35 bits per heavy atom. The first-order valence-corrected chi connectivity index (χ1v) is 8.17. The monoisotopic (exact) mass is 314 g/mol. The highest BCUT2D eigenvalue weighted by Gasteiger charge is 2.25. The number of rotatable bonds is 2. The molecule has 0 spiro atoms. The largest absolute Gasteiger partial charge is 0.336 e. The molecule has 3 rings (SSSR count). The van der Waals surface area contributed by atoms with E-state index < -0.39 is 0 Å². The van der Waals surface area contributed by atoms with Crippen molar-refractivity contribution >= 4 is 29.7 Å². The van der Waals surface area contributed by atoms with Crippen LogP contribution in [0, 0.1) is 0 Å². The molecule has 1 aromatic heterocycles. The van der Waals surface area contributed by atoms with E-state index in [0.717, 1.165) is 30.8 Å². The average Bonchev–Trinajstić information content (AvgIpc) is 2.90. The van der Waals surface area contributed by atoms with Crippen molar-refractivity contribution in [2.45, 2.75) is 44.6 Å². The maximum Gasteiger partial charge on any atom is 0.263 e. The molecule has 0 bridgehead atoms. The number of likely N-dealkylation sites (tertiary alicyclic amines) is 1. The average molecular weight is 315 g/mol. The predicted octanol–water partition coefficient (Wildman–Crippen LogP) is 2.87. The van der Waals surface area contributed by atoms with E-state index in [-0.39, 0.29) is 18.3 Å². The van der Waals surface area contributed by atoms with E-state index in [9.17, 15) is 4.79 Å². The van der Waals surface area contributed by atoms with Crippen LogP contribution in [0.25, 0.3) is 0 Å². The molecular formula is C15H23ClN2OS. The normalized spacial score (nSPS) is 22.1. The topological polar surface area (TPSA) is 32.3 Å². The summed E-state index contributed by atoms with van der Waals surface area (Å²) in [7, 11) is 1.99. The maximum absolute atomic E-state index is 12.6. The summed E-state index contributed by atoms with van der Waals surface area (Å²) >= 11 is 1.73. The van der Waals surface area contributed by atoms with Crippen molar-refractivity contribution in [2.24, 2.45) is 0 Å². The lowest BCUT2D eigenvalue weighted by Crippen LogP contribution is -2.46. The minimum absolute atomic E-state index is 0. The van der Waals surface area contributed by atoms with Gasteiger partial charge in [-0.1, -0.05) is 0 Å². The van der Waals surface area contributed by atoms with Crippen molar-refractivity contribution < 1.29 is 4.79 Å². The van der Waals surface area contributed by atoms with Gasteiger partial charge >= 0.3 is 0 Å². The van der Waals surface area contributed by atoms with E-state index in [1.54, 1.807) is 11.3 Å². The number of nitrogens with zero attached hydrogens (tertiary/aromatic N) is 1. The number of piperidine rings is 1. The number of hydrogen-bond acceptors (Lipinski definition) is 3. The molecule has 20 heavy (non-hydrogen) atoms. The first-order chi connectivity index (χ1) is 9.28. The minimum Gasteiger partial charge on any atom is -0.336 e. The van der Waals surface area contributed by atoms with E-state index in [0.29, 0.717) is 6.04 Å². The molecule has 1 aliphatic carbocycles. The second-order valence-electron chi connectivity index (χ2n) is 5.65. The summed E-state index contributed by atoms with van der Waals surface area (Å²) in [6.07, 6.45) is 7.20. The molecule has 1 saturated heterocycles. The van der Waals surface area contributed by atoms with E-state index in [1.165, 1.54) is 36.1 Å². The highest BCUT2D eigenvalue weighted by Crippen LogP contribution is 2.30. The van der Waals surface area contributed by atoms with Gasteiger partial charge in [-0.15, -0.1) is 23.7 Å². The highest BCUT2D eigenvalue weighted by molar-refractivity contribution is 7.14. The maximum atomic E-state index is 12.6.